The van der Waals surface area contributed by atoms with E-state index in [9.17, 15) is 13.6 Å². The fourth-order valence-electron chi connectivity index (χ4n) is 2.89. The summed E-state index contributed by atoms with van der Waals surface area (Å²) in [5.41, 5.74) is 2.56. The van der Waals surface area contributed by atoms with Gasteiger partial charge in [-0.2, -0.15) is 13.9 Å². The van der Waals surface area contributed by atoms with Crippen LogP contribution in [-0.2, 0) is 12.1 Å². The van der Waals surface area contributed by atoms with Gasteiger partial charge in [0, 0.05) is 11.9 Å². The highest BCUT2D eigenvalue weighted by atomic mass is 19.3. The Balaban J connectivity index is 1.58. The summed E-state index contributed by atoms with van der Waals surface area (Å²) in [6, 6.07) is 13.7. The number of ether oxygens (including phenoxy) is 2. The van der Waals surface area contributed by atoms with E-state index in [0.29, 0.717) is 17.0 Å². The Kier molecular flexibility index (Phi) is 6.58. The van der Waals surface area contributed by atoms with Crippen LogP contribution >= 0.6 is 0 Å². The van der Waals surface area contributed by atoms with E-state index in [4.69, 9.17) is 4.74 Å². The van der Waals surface area contributed by atoms with E-state index in [1.165, 1.54) is 28.4 Å². The lowest BCUT2D eigenvalue weighted by Crippen LogP contribution is -2.15. The molecule has 6 nitrogen and oxygen atoms in total. The fraction of sp³-hybridized carbons (Fsp3) is 0.304. The van der Waals surface area contributed by atoms with Crippen molar-refractivity contribution in [2.45, 2.75) is 46.5 Å². The maximum absolute atomic E-state index is 12.5. The number of benzene rings is 2. The van der Waals surface area contributed by atoms with E-state index in [-0.39, 0.29) is 23.6 Å². The van der Waals surface area contributed by atoms with Crippen molar-refractivity contribution in [3.63, 3.8) is 0 Å². The third kappa shape index (κ3) is 6.04. The third-order valence-electron chi connectivity index (χ3n) is 4.63. The van der Waals surface area contributed by atoms with Gasteiger partial charge in [-0.3, -0.25) is 4.79 Å². The number of carbonyl (C=O) groups excluding carboxylic acids is 1. The van der Waals surface area contributed by atoms with Crippen molar-refractivity contribution in [3.05, 3.63) is 71.5 Å². The Hall–Kier alpha value is -3.42. The number of hydrogen-bond donors (Lipinski definition) is 1. The van der Waals surface area contributed by atoms with E-state index in [1.54, 1.807) is 19.2 Å². The molecule has 0 atom stereocenters. The Bertz CT molecular complexity index is 1040. The first-order valence-electron chi connectivity index (χ1n) is 9.75. The molecule has 8 heteroatoms. The maximum Gasteiger partial charge on any atom is 0.387 e. The minimum absolute atomic E-state index is 0.0301. The van der Waals surface area contributed by atoms with Gasteiger partial charge >= 0.3 is 6.61 Å². The van der Waals surface area contributed by atoms with Gasteiger partial charge in [0.15, 0.2) is 12.4 Å². The molecule has 1 N–H and O–H groups in total. The van der Waals surface area contributed by atoms with E-state index in [2.05, 4.69) is 35.9 Å². The normalized spacial score (nSPS) is 11.5. The molecular weight excluding hydrogens is 404 g/mol. The summed E-state index contributed by atoms with van der Waals surface area (Å²) < 4.78 is 36.2. The lowest BCUT2D eigenvalue weighted by Gasteiger charge is -2.19. The SMILES string of the molecule is Cc1cc(OC(F)F)ccc1NC(=O)c1ccn(COc2ccc(C(C)(C)C)cc2)n1. The van der Waals surface area contributed by atoms with Crippen LogP contribution in [0.1, 0.15) is 42.4 Å². The van der Waals surface area contributed by atoms with Crippen molar-refractivity contribution in [1.29, 1.82) is 0 Å². The van der Waals surface area contributed by atoms with Crippen LogP contribution in [0.4, 0.5) is 14.5 Å². The van der Waals surface area contributed by atoms with Crippen LogP contribution in [-0.4, -0.2) is 22.3 Å². The van der Waals surface area contributed by atoms with Crippen molar-refractivity contribution in [2.75, 3.05) is 5.32 Å². The largest absolute Gasteiger partial charge is 0.471 e. The number of aryl methyl sites for hydroxylation is 1. The summed E-state index contributed by atoms with van der Waals surface area (Å²) in [6.45, 7) is 5.37. The number of aromatic nitrogens is 2. The number of rotatable bonds is 7. The van der Waals surface area contributed by atoms with Gasteiger partial charge in [-0.05, 0) is 59.9 Å². The number of anilines is 1. The number of halogens is 2. The molecule has 0 bridgehead atoms. The Labute approximate surface area is 179 Å². The molecule has 3 rings (SSSR count). The predicted octanol–water partition coefficient (Wildman–Crippen LogP) is 5.38. The van der Waals surface area contributed by atoms with Crippen LogP contribution in [0.3, 0.4) is 0 Å². The molecule has 0 saturated carbocycles. The second-order valence-corrected chi connectivity index (χ2v) is 8.10. The molecule has 1 heterocycles. The second-order valence-electron chi connectivity index (χ2n) is 8.10. The fourth-order valence-corrected chi connectivity index (χ4v) is 2.89. The Morgan fingerprint density at radius 1 is 1.10 bits per heavy atom. The molecule has 0 spiro atoms. The molecule has 0 saturated heterocycles. The van der Waals surface area contributed by atoms with Crippen LogP contribution in [0.5, 0.6) is 11.5 Å². The number of alkyl halides is 2. The average molecular weight is 429 g/mol. The molecule has 0 fully saturated rings. The van der Waals surface area contributed by atoms with Crippen molar-refractivity contribution >= 4 is 11.6 Å². The van der Waals surface area contributed by atoms with Crippen LogP contribution < -0.4 is 14.8 Å². The van der Waals surface area contributed by atoms with Crippen LogP contribution in [0, 0.1) is 6.92 Å². The molecule has 0 aliphatic rings. The van der Waals surface area contributed by atoms with Crippen molar-refractivity contribution in [2.24, 2.45) is 0 Å². The third-order valence-corrected chi connectivity index (χ3v) is 4.63. The molecule has 0 radical (unpaired) electrons. The molecule has 2 aromatic carbocycles. The summed E-state index contributed by atoms with van der Waals surface area (Å²) in [5.74, 6) is 0.317. The molecule has 1 amide bonds. The minimum atomic E-state index is -2.90. The van der Waals surface area contributed by atoms with Gasteiger partial charge in [0.1, 0.15) is 11.5 Å². The maximum atomic E-state index is 12.5. The molecule has 0 aliphatic carbocycles. The minimum Gasteiger partial charge on any atom is -0.471 e. The predicted molar refractivity (Wildman–Crippen MR) is 114 cm³/mol. The number of nitrogens with zero attached hydrogens (tertiary/aromatic N) is 2. The summed E-state index contributed by atoms with van der Waals surface area (Å²) >= 11 is 0. The number of hydrogen-bond acceptors (Lipinski definition) is 4. The van der Waals surface area contributed by atoms with E-state index in [1.807, 2.05) is 24.3 Å². The van der Waals surface area contributed by atoms with Gasteiger partial charge in [0.25, 0.3) is 5.91 Å². The standard InChI is InChI=1S/C23H25F2N3O3/c1-15-13-18(31-22(24)25)9-10-19(15)26-21(29)20-11-12-28(27-20)14-30-17-7-5-16(6-8-17)23(2,3)4/h5-13,22H,14H2,1-4H3,(H,26,29). The van der Waals surface area contributed by atoms with Crippen molar-refractivity contribution in [3.8, 4) is 11.5 Å². The van der Waals surface area contributed by atoms with Gasteiger partial charge in [-0.1, -0.05) is 32.9 Å². The topological polar surface area (TPSA) is 65.4 Å². The van der Waals surface area contributed by atoms with Crippen molar-refractivity contribution < 1.29 is 23.0 Å². The van der Waals surface area contributed by atoms with Gasteiger partial charge in [-0.25, -0.2) is 4.68 Å². The lowest BCUT2D eigenvalue weighted by atomic mass is 9.87. The molecule has 0 unspecified atom stereocenters. The Morgan fingerprint density at radius 3 is 2.39 bits per heavy atom. The highest BCUT2D eigenvalue weighted by molar-refractivity contribution is 6.03. The highest BCUT2D eigenvalue weighted by Crippen LogP contribution is 2.25. The number of amides is 1. The van der Waals surface area contributed by atoms with E-state index in [0.717, 1.165) is 0 Å². The van der Waals surface area contributed by atoms with E-state index < -0.39 is 12.5 Å². The van der Waals surface area contributed by atoms with Crippen LogP contribution in [0.2, 0.25) is 0 Å². The Morgan fingerprint density at radius 2 is 1.77 bits per heavy atom. The zero-order chi connectivity index (χ0) is 22.6. The smallest absolute Gasteiger partial charge is 0.387 e. The first kappa shape index (κ1) is 22.3. The van der Waals surface area contributed by atoms with Crippen LogP contribution in [0.25, 0.3) is 0 Å². The first-order valence-corrected chi connectivity index (χ1v) is 9.75. The number of nitrogens with one attached hydrogen (secondary N) is 1. The summed E-state index contributed by atoms with van der Waals surface area (Å²) in [4.78, 5) is 12.5. The molecule has 0 aliphatic heterocycles. The lowest BCUT2D eigenvalue weighted by molar-refractivity contribution is -0.0498. The van der Waals surface area contributed by atoms with Crippen molar-refractivity contribution in [1.82, 2.24) is 9.78 Å². The van der Waals surface area contributed by atoms with Gasteiger partial charge in [-0.15, -0.1) is 0 Å². The second kappa shape index (κ2) is 9.16. The highest BCUT2D eigenvalue weighted by Gasteiger charge is 2.14. The van der Waals surface area contributed by atoms with Gasteiger partial charge in [0.2, 0.25) is 0 Å². The van der Waals surface area contributed by atoms with Gasteiger partial charge < -0.3 is 14.8 Å². The van der Waals surface area contributed by atoms with Crippen LogP contribution in [0.15, 0.2) is 54.7 Å². The molecular formula is C23H25F2N3O3. The summed E-state index contributed by atoms with van der Waals surface area (Å²) in [7, 11) is 0. The molecule has 164 valence electrons. The van der Waals surface area contributed by atoms with E-state index >= 15 is 0 Å². The zero-order valence-electron chi connectivity index (χ0n) is 17.9. The number of carbonyl (C=O) groups is 1. The molecule has 31 heavy (non-hydrogen) atoms. The first-order chi connectivity index (χ1) is 14.6. The molecule has 1 aromatic heterocycles. The molecule has 3 aromatic rings. The summed E-state index contributed by atoms with van der Waals surface area (Å²) in [6.07, 6.45) is 1.64. The zero-order valence-corrected chi connectivity index (χ0v) is 17.9. The average Bonchev–Trinajstić information content (AvgIpc) is 3.17. The quantitative estimate of drug-likeness (QED) is 0.548. The summed E-state index contributed by atoms with van der Waals surface area (Å²) in [5, 5.41) is 6.94. The monoisotopic (exact) mass is 429 g/mol. The van der Waals surface area contributed by atoms with Gasteiger partial charge in [0.05, 0.1) is 0 Å².